The number of hydrogen-bond acceptors (Lipinski definition) is 6. The molecule has 3 saturated heterocycles. The van der Waals surface area contributed by atoms with Gasteiger partial charge < -0.3 is 30.2 Å². The maximum Gasteiger partial charge on any atom is 0.573 e. The van der Waals surface area contributed by atoms with Gasteiger partial charge in [0.2, 0.25) is 5.91 Å². The first kappa shape index (κ1) is 34.8. The van der Waals surface area contributed by atoms with Crippen LogP contribution in [0.5, 0.6) is 5.75 Å². The summed E-state index contributed by atoms with van der Waals surface area (Å²) in [6.45, 7) is 12.8. The van der Waals surface area contributed by atoms with Gasteiger partial charge in [0.25, 0.3) is 0 Å². The fourth-order valence-corrected chi connectivity index (χ4v) is 7.06. The van der Waals surface area contributed by atoms with Gasteiger partial charge in [-0.05, 0) is 55.0 Å². The lowest BCUT2D eigenvalue weighted by molar-refractivity contribution is -0.274. The van der Waals surface area contributed by atoms with Crippen molar-refractivity contribution in [1.82, 2.24) is 30.0 Å². The van der Waals surface area contributed by atoms with Crippen LogP contribution in [-0.4, -0.2) is 94.8 Å². The van der Waals surface area contributed by atoms with Gasteiger partial charge in [0.1, 0.15) is 11.6 Å². The number of aromatic amines is 1. The lowest BCUT2D eigenvalue weighted by Crippen LogP contribution is -2.56. The van der Waals surface area contributed by atoms with Crippen molar-refractivity contribution in [1.29, 1.82) is 0 Å². The van der Waals surface area contributed by atoms with Crippen LogP contribution in [0.4, 0.5) is 23.7 Å². The number of piperazine rings is 1. The third-order valence-corrected chi connectivity index (χ3v) is 9.75. The van der Waals surface area contributed by atoms with E-state index < -0.39 is 17.5 Å². The molecule has 2 atom stereocenters. The van der Waals surface area contributed by atoms with Gasteiger partial charge in [-0.3, -0.25) is 9.69 Å². The number of carbonyl (C=O) groups is 2. The van der Waals surface area contributed by atoms with Crippen molar-refractivity contribution in [3.05, 3.63) is 54.5 Å². The first-order valence-corrected chi connectivity index (χ1v) is 17.1. The number of benzene rings is 2. The summed E-state index contributed by atoms with van der Waals surface area (Å²) in [5, 5.41) is 6.22. The number of hydrogen-bond donors (Lipinski definition) is 3. The van der Waals surface area contributed by atoms with Crippen molar-refractivity contribution in [2.45, 2.75) is 65.4 Å². The minimum absolute atomic E-state index is 0.174. The van der Waals surface area contributed by atoms with Gasteiger partial charge in [0, 0.05) is 68.0 Å². The summed E-state index contributed by atoms with van der Waals surface area (Å²) in [5.41, 5.74) is 2.29. The van der Waals surface area contributed by atoms with Crippen molar-refractivity contribution in [2.75, 3.05) is 51.1 Å². The lowest BCUT2D eigenvalue weighted by Gasteiger charge is -2.43. The molecule has 3 aliphatic rings. The van der Waals surface area contributed by atoms with Gasteiger partial charge in [0.15, 0.2) is 0 Å². The smallest absolute Gasteiger partial charge is 0.405 e. The molecule has 0 radical (unpaired) electrons. The second kappa shape index (κ2) is 14.0. The molecule has 3 amide bonds. The van der Waals surface area contributed by atoms with Crippen molar-refractivity contribution < 1.29 is 27.5 Å². The molecule has 4 heterocycles. The maximum atomic E-state index is 13.5. The molecule has 0 bridgehead atoms. The van der Waals surface area contributed by atoms with E-state index in [1.54, 1.807) is 29.3 Å². The normalized spacial score (nSPS) is 21.2. The third-order valence-electron chi connectivity index (χ3n) is 9.75. The lowest BCUT2D eigenvalue weighted by atomic mass is 9.92. The van der Waals surface area contributed by atoms with E-state index in [0.717, 1.165) is 56.0 Å². The number of halogens is 3. The molecular formula is C36H46F3N7O3. The van der Waals surface area contributed by atoms with E-state index in [9.17, 15) is 22.8 Å². The molecule has 10 nitrogen and oxygen atoms in total. The summed E-state index contributed by atoms with van der Waals surface area (Å²) in [6.07, 6.45) is -0.351. The number of alkyl halides is 3. The van der Waals surface area contributed by atoms with E-state index >= 15 is 0 Å². The molecule has 13 heteroatoms. The number of H-pyrrole nitrogens is 1. The molecule has 0 aliphatic carbocycles. The number of likely N-dealkylation sites (tertiary alicyclic amines) is 1. The van der Waals surface area contributed by atoms with Gasteiger partial charge >= 0.3 is 12.4 Å². The summed E-state index contributed by atoms with van der Waals surface area (Å²) in [7, 11) is 0. The molecule has 6 rings (SSSR count). The summed E-state index contributed by atoms with van der Waals surface area (Å²) in [6, 6.07) is 11.6. The standard InChI is InChI=1S/C36H46F3N7O3/c1-23-19-29(40-21-23)32-41-22-30(43-32)25-7-5-24(6-8-25)28-10-9-26(20-31(28)49-36(37,38)39)42-34(48)46-17-15-44(16-18-46)27-11-13-45(14-12-27)33(47)35(2,3)4/h5-10,20,22-23,27,29,40H,11-19,21H2,1-4H3,(H,41,43)(H,42,48)/t23-,29-/m0/s1. The summed E-state index contributed by atoms with van der Waals surface area (Å²) in [5.74, 6) is 1.22. The van der Waals surface area contributed by atoms with E-state index in [1.165, 1.54) is 12.1 Å². The SMILES string of the molecule is C[C@@H]1CN[C@H](c2ncc(-c3ccc(-c4ccc(NC(=O)N5CCN(C6CCN(C(=O)C(C)(C)C)CC6)CC5)cc4OC(F)(F)F)cc3)[nH]2)C1. The highest BCUT2D eigenvalue weighted by atomic mass is 19.4. The Bertz CT molecular complexity index is 1620. The highest BCUT2D eigenvalue weighted by Crippen LogP contribution is 2.37. The average Bonchev–Trinajstić information content (AvgIpc) is 3.73. The monoisotopic (exact) mass is 681 g/mol. The van der Waals surface area contributed by atoms with Crippen LogP contribution in [0.1, 0.15) is 58.8 Å². The zero-order chi connectivity index (χ0) is 34.9. The fraction of sp³-hybridized carbons (Fsp3) is 0.528. The molecule has 3 aromatic rings. The fourth-order valence-electron chi connectivity index (χ4n) is 7.06. The number of urea groups is 1. The second-order valence-corrected chi connectivity index (χ2v) is 14.5. The summed E-state index contributed by atoms with van der Waals surface area (Å²) in [4.78, 5) is 39.7. The molecule has 0 unspecified atom stereocenters. The highest BCUT2D eigenvalue weighted by molar-refractivity contribution is 5.90. The molecule has 1 aromatic heterocycles. The van der Waals surface area contributed by atoms with Crippen LogP contribution < -0.4 is 15.4 Å². The van der Waals surface area contributed by atoms with E-state index in [2.05, 4.69) is 37.2 Å². The summed E-state index contributed by atoms with van der Waals surface area (Å²) < 4.78 is 45.0. The Hall–Kier alpha value is -4.10. The molecule has 3 fully saturated rings. The number of amides is 3. The number of imidazole rings is 1. The minimum Gasteiger partial charge on any atom is -0.405 e. The quantitative estimate of drug-likeness (QED) is 0.275. The van der Waals surface area contributed by atoms with Crippen LogP contribution in [0.15, 0.2) is 48.7 Å². The second-order valence-electron chi connectivity index (χ2n) is 14.5. The number of anilines is 1. The van der Waals surface area contributed by atoms with Crippen molar-refractivity contribution in [2.24, 2.45) is 11.3 Å². The first-order chi connectivity index (χ1) is 23.2. The molecule has 0 saturated carbocycles. The minimum atomic E-state index is -4.91. The number of carbonyl (C=O) groups excluding carboxylic acids is 2. The number of rotatable bonds is 6. The molecule has 2 aromatic carbocycles. The van der Waals surface area contributed by atoms with Crippen LogP contribution in [0.3, 0.4) is 0 Å². The zero-order valence-electron chi connectivity index (χ0n) is 28.6. The molecule has 3 N–H and O–H groups in total. The van der Waals surface area contributed by atoms with Gasteiger partial charge in [-0.15, -0.1) is 13.2 Å². The van der Waals surface area contributed by atoms with E-state index in [1.807, 2.05) is 37.8 Å². The predicted octanol–water partition coefficient (Wildman–Crippen LogP) is 6.50. The number of nitrogens with zero attached hydrogens (tertiary/aromatic N) is 4. The van der Waals surface area contributed by atoms with Crippen LogP contribution in [0, 0.1) is 11.3 Å². The zero-order valence-corrected chi connectivity index (χ0v) is 28.6. The largest absolute Gasteiger partial charge is 0.573 e. The van der Waals surface area contributed by atoms with Crippen molar-refractivity contribution >= 4 is 17.6 Å². The van der Waals surface area contributed by atoms with Gasteiger partial charge in [-0.25, -0.2) is 9.78 Å². The van der Waals surface area contributed by atoms with Gasteiger partial charge in [-0.1, -0.05) is 52.0 Å². The molecule has 0 spiro atoms. The topological polar surface area (TPSA) is 106 Å². The Balaban J connectivity index is 1.07. The molecule has 264 valence electrons. The highest BCUT2D eigenvalue weighted by Gasteiger charge is 2.35. The number of aromatic nitrogens is 2. The predicted molar refractivity (Wildman–Crippen MR) is 182 cm³/mol. The van der Waals surface area contributed by atoms with Gasteiger partial charge in [0.05, 0.1) is 17.9 Å². The van der Waals surface area contributed by atoms with Crippen molar-refractivity contribution in [3.63, 3.8) is 0 Å². The molecule has 49 heavy (non-hydrogen) atoms. The Labute approximate surface area is 285 Å². The van der Waals surface area contributed by atoms with Crippen LogP contribution >= 0.6 is 0 Å². The average molecular weight is 682 g/mol. The van der Waals surface area contributed by atoms with E-state index in [4.69, 9.17) is 0 Å². The first-order valence-electron chi connectivity index (χ1n) is 17.1. The van der Waals surface area contributed by atoms with Gasteiger partial charge in [-0.2, -0.15) is 0 Å². The van der Waals surface area contributed by atoms with Crippen LogP contribution in [0.2, 0.25) is 0 Å². The number of piperidine rings is 1. The Morgan fingerprint density at radius 2 is 1.59 bits per heavy atom. The Morgan fingerprint density at radius 1 is 0.918 bits per heavy atom. The Morgan fingerprint density at radius 3 is 2.20 bits per heavy atom. The molecular weight excluding hydrogens is 635 g/mol. The van der Waals surface area contributed by atoms with Crippen molar-refractivity contribution in [3.8, 4) is 28.1 Å². The van der Waals surface area contributed by atoms with Crippen LogP contribution in [0.25, 0.3) is 22.4 Å². The number of nitrogens with one attached hydrogen (secondary N) is 3. The molecule has 3 aliphatic heterocycles. The van der Waals surface area contributed by atoms with Crippen LogP contribution in [-0.2, 0) is 4.79 Å². The Kier molecular flexibility index (Phi) is 9.95. The van der Waals surface area contributed by atoms with E-state index in [0.29, 0.717) is 43.7 Å². The maximum absolute atomic E-state index is 13.5. The number of ether oxygens (including phenoxy) is 1. The summed E-state index contributed by atoms with van der Waals surface area (Å²) >= 11 is 0. The third kappa shape index (κ3) is 8.38. The van der Waals surface area contributed by atoms with E-state index in [-0.39, 0.29) is 29.2 Å².